The minimum Gasteiger partial charge on any atom is -0.507 e. The molecule has 0 aromatic heterocycles. The Hall–Kier alpha value is -1.26. The maximum absolute atomic E-state index is 12.7. The van der Waals surface area contributed by atoms with E-state index in [-0.39, 0.29) is 11.7 Å². The molecule has 0 aliphatic carbocycles. The normalized spacial score (nSPS) is 17.9. The van der Waals surface area contributed by atoms with Gasteiger partial charge in [-0.2, -0.15) is 0 Å². The molecule has 0 bridgehead atoms. The standard InChI is InChI=1S/C16H23ClN2O2/c1-2-3-9-19(11-13-5-4-8-18-13)16(21)14-7-6-12(17)10-15(14)20/h6-7,10,13,18,20H,2-5,8-9,11H2,1H3. The van der Waals surface area contributed by atoms with Gasteiger partial charge in [-0.3, -0.25) is 4.79 Å². The lowest BCUT2D eigenvalue weighted by Gasteiger charge is -2.26. The summed E-state index contributed by atoms with van der Waals surface area (Å²) in [6.45, 7) is 4.54. The third-order valence-electron chi connectivity index (χ3n) is 3.86. The van der Waals surface area contributed by atoms with Crippen molar-refractivity contribution in [1.29, 1.82) is 0 Å². The van der Waals surface area contributed by atoms with E-state index in [0.717, 1.165) is 38.8 Å². The van der Waals surface area contributed by atoms with Crippen molar-refractivity contribution in [2.45, 2.75) is 38.6 Å². The molecule has 0 radical (unpaired) electrons. The van der Waals surface area contributed by atoms with Gasteiger partial charge < -0.3 is 15.3 Å². The topological polar surface area (TPSA) is 52.6 Å². The van der Waals surface area contributed by atoms with E-state index in [9.17, 15) is 9.90 Å². The molecule has 1 unspecified atom stereocenters. The molecule has 1 saturated heterocycles. The molecular weight excluding hydrogens is 288 g/mol. The van der Waals surface area contributed by atoms with Crippen LogP contribution < -0.4 is 5.32 Å². The summed E-state index contributed by atoms with van der Waals surface area (Å²) in [7, 11) is 0. The first-order chi connectivity index (χ1) is 10.1. The fourth-order valence-corrected chi connectivity index (χ4v) is 2.83. The molecule has 1 amide bonds. The van der Waals surface area contributed by atoms with E-state index in [1.807, 2.05) is 4.90 Å². The molecule has 1 aromatic rings. The molecule has 116 valence electrons. The molecule has 1 aliphatic rings. The minimum atomic E-state index is -0.119. The summed E-state index contributed by atoms with van der Waals surface area (Å²) < 4.78 is 0. The first-order valence-electron chi connectivity index (χ1n) is 7.63. The molecule has 1 heterocycles. The summed E-state index contributed by atoms with van der Waals surface area (Å²) >= 11 is 5.83. The summed E-state index contributed by atoms with van der Waals surface area (Å²) in [4.78, 5) is 14.5. The SMILES string of the molecule is CCCCN(CC1CCCN1)C(=O)c1ccc(Cl)cc1O. The molecular formula is C16H23ClN2O2. The molecule has 1 aromatic carbocycles. The van der Waals surface area contributed by atoms with E-state index in [1.54, 1.807) is 12.1 Å². The smallest absolute Gasteiger partial charge is 0.257 e. The highest BCUT2D eigenvalue weighted by molar-refractivity contribution is 6.30. The molecule has 1 atom stereocenters. The lowest BCUT2D eigenvalue weighted by atomic mass is 10.1. The number of rotatable bonds is 6. The number of carbonyl (C=O) groups excluding carboxylic acids is 1. The summed E-state index contributed by atoms with van der Waals surface area (Å²) in [6, 6.07) is 5.02. The van der Waals surface area contributed by atoms with Gasteiger partial charge in [-0.1, -0.05) is 24.9 Å². The quantitative estimate of drug-likeness (QED) is 0.849. The van der Waals surface area contributed by atoms with Crippen LogP contribution in [-0.4, -0.2) is 41.6 Å². The number of phenols is 1. The first-order valence-corrected chi connectivity index (χ1v) is 8.00. The Morgan fingerprint density at radius 3 is 2.95 bits per heavy atom. The van der Waals surface area contributed by atoms with Crippen LogP contribution in [0.5, 0.6) is 5.75 Å². The highest BCUT2D eigenvalue weighted by Gasteiger charge is 2.23. The van der Waals surface area contributed by atoms with Crippen LogP contribution in [0.1, 0.15) is 43.0 Å². The fourth-order valence-electron chi connectivity index (χ4n) is 2.66. The van der Waals surface area contributed by atoms with Gasteiger partial charge in [-0.15, -0.1) is 0 Å². The molecule has 21 heavy (non-hydrogen) atoms. The number of unbranched alkanes of at least 4 members (excludes halogenated alkanes) is 1. The van der Waals surface area contributed by atoms with Gasteiger partial charge in [-0.25, -0.2) is 0 Å². The van der Waals surface area contributed by atoms with E-state index in [1.165, 1.54) is 6.07 Å². The highest BCUT2D eigenvalue weighted by Crippen LogP contribution is 2.24. The molecule has 0 saturated carbocycles. The third kappa shape index (κ3) is 4.35. The highest BCUT2D eigenvalue weighted by atomic mass is 35.5. The molecule has 0 spiro atoms. The van der Waals surface area contributed by atoms with Crippen LogP contribution in [0.15, 0.2) is 18.2 Å². The second-order valence-electron chi connectivity index (χ2n) is 5.56. The number of nitrogens with one attached hydrogen (secondary N) is 1. The third-order valence-corrected chi connectivity index (χ3v) is 4.10. The predicted octanol–water partition coefficient (Wildman–Crippen LogP) is 3.04. The molecule has 1 aliphatic heterocycles. The lowest BCUT2D eigenvalue weighted by molar-refractivity contribution is 0.0736. The van der Waals surface area contributed by atoms with Crippen LogP contribution in [0.4, 0.5) is 0 Å². The molecule has 1 fully saturated rings. The van der Waals surface area contributed by atoms with Gasteiger partial charge in [-0.05, 0) is 44.0 Å². The number of aromatic hydroxyl groups is 1. The van der Waals surface area contributed by atoms with Crippen molar-refractivity contribution in [2.75, 3.05) is 19.6 Å². The Bertz CT molecular complexity index is 487. The van der Waals surface area contributed by atoms with Crippen LogP contribution in [0.3, 0.4) is 0 Å². The van der Waals surface area contributed by atoms with Crippen molar-refractivity contribution in [3.05, 3.63) is 28.8 Å². The Kier molecular flexibility index (Phi) is 5.88. The molecule has 5 heteroatoms. The Labute approximate surface area is 131 Å². The average Bonchev–Trinajstić information content (AvgIpc) is 2.95. The number of benzene rings is 1. The van der Waals surface area contributed by atoms with Gasteiger partial charge in [0.2, 0.25) is 0 Å². The largest absolute Gasteiger partial charge is 0.507 e. The van der Waals surface area contributed by atoms with Crippen molar-refractivity contribution in [3.63, 3.8) is 0 Å². The van der Waals surface area contributed by atoms with Crippen LogP contribution in [0.2, 0.25) is 5.02 Å². The van der Waals surface area contributed by atoms with Gasteiger partial charge in [0.1, 0.15) is 5.75 Å². The predicted molar refractivity (Wildman–Crippen MR) is 85.0 cm³/mol. The summed E-state index contributed by atoms with van der Waals surface area (Å²) in [6.07, 6.45) is 4.26. The van der Waals surface area contributed by atoms with E-state index >= 15 is 0 Å². The monoisotopic (exact) mass is 310 g/mol. The van der Waals surface area contributed by atoms with Crippen molar-refractivity contribution < 1.29 is 9.90 Å². The maximum atomic E-state index is 12.7. The average molecular weight is 311 g/mol. The maximum Gasteiger partial charge on any atom is 0.257 e. The number of carbonyl (C=O) groups is 1. The van der Waals surface area contributed by atoms with Gasteiger partial charge >= 0.3 is 0 Å². The first kappa shape index (κ1) is 16.1. The fraction of sp³-hybridized carbons (Fsp3) is 0.562. The number of hydrogen-bond acceptors (Lipinski definition) is 3. The van der Waals surface area contributed by atoms with Gasteiger partial charge in [0.05, 0.1) is 5.56 Å². The second-order valence-corrected chi connectivity index (χ2v) is 6.00. The Morgan fingerprint density at radius 2 is 2.33 bits per heavy atom. The zero-order chi connectivity index (χ0) is 15.2. The second kappa shape index (κ2) is 7.66. The molecule has 2 N–H and O–H groups in total. The number of amides is 1. The number of hydrogen-bond donors (Lipinski definition) is 2. The molecule has 2 rings (SSSR count). The zero-order valence-corrected chi connectivity index (χ0v) is 13.2. The summed E-state index contributed by atoms with van der Waals surface area (Å²) in [5.74, 6) is -0.167. The summed E-state index contributed by atoms with van der Waals surface area (Å²) in [5.41, 5.74) is 0.327. The van der Waals surface area contributed by atoms with Crippen molar-refractivity contribution in [3.8, 4) is 5.75 Å². The van der Waals surface area contributed by atoms with Gasteiger partial charge in [0.25, 0.3) is 5.91 Å². The van der Waals surface area contributed by atoms with Crippen molar-refractivity contribution in [2.24, 2.45) is 0 Å². The Balaban J connectivity index is 2.11. The zero-order valence-electron chi connectivity index (χ0n) is 12.4. The van der Waals surface area contributed by atoms with Crippen LogP contribution >= 0.6 is 11.6 Å². The lowest BCUT2D eigenvalue weighted by Crippen LogP contribution is -2.41. The number of phenolic OH excluding ortho intramolecular Hbond substituents is 1. The van der Waals surface area contributed by atoms with Gasteiger partial charge in [0.15, 0.2) is 0 Å². The van der Waals surface area contributed by atoms with E-state index in [0.29, 0.717) is 23.2 Å². The van der Waals surface area contributed by atoms with E-state index in [2.05, 4.69) is 12.2 Å². The van der Waals surface area contributed by atoms with Crippen LogP contribution in [0.25, 0.3) is 0 Å². The van der Waals surface area contributed by atoms with Crippen molar-refractivity contribution >= 4 is 17.5 Å². The van der Waals surface area contributed by atoms with Crippen molar-refractivity contribution in [1.82, 2.24) is 10.2 Å². The van der Waals surface area contributed by atoms with E-state index < -0.39 is 0 Å². The summed E-state index contributed by atoms with van der Waals surface area (Å²) in [5, 5.41) is 13.8. The number of halogens is 1. The molecule has 4 nitrogen and oxygen atoms in total. The van der Waals surface area contributed by atoms with Crippen LogP contribution in [0, 0.1) is 0 Å². The Morgan fingerprint density at radius 1 is 1.52 bits per heavy atom. The van der Waals surface area contributed by atoms with Gasteiger partial charge in [0, 0.05) is 24.2 Å². The number of nitrogens with zero attached hydrogens (tertiary/aromatic N) is 1. The minimum absolute atomic E-state index is 0.0478. The van der Waals surface area contributed by atoms with E-state index in [4.69, 9.17) is 11.6 Å². The van der Waals surface area contributed by atoms with Crippen LogP contribution in [-0.2, 0) is 0 Å².